The molecular weight excluding hydrogens is 902 g/mol. The lowest BCUT2D eigenvalue weighted by Crippen LogP contribution is -2.02. The minimum absolute atomic E-state index is 0.727. The van der Waals surface area contributed by atoms with E-state index in [4.69, 9.17) is 15.7 Å². The molecule has 0 N–H and O–H groups in total. The fourth-order valence-electron chi connectivity index (χ4n) is 10.4. The zero-order chi connectivity index (χ0) is 43.1. The van der Waals surface area contributed by atoms with Crippen LogP contribution in [0.3, 0.4) is 0 Å². The Kier molecular flexibility index (Phi) is 9.44. The summed E-state index contributed by atoms with van der Waals surface area (Å²) in [5.41, 5.74) is 15.2. The van der Waals surface area contributed by atoms with Crippen LogP contribution in [0.15, 0.2) is 215 Å². The van der Waals surface area contributed by atoms with Crippen molar-refractivity contribution in [3.63, 3.8) is 0 Å². The zero-order valence-electron chi connectivity index (χ0n) is 34.5. The second-order valence-electron chi connectivity index (χ2n) is 16.7. The molecule has 0 heterocycles. The van der Waals surface area contributed by atoms with E-state index in [9.17, 15) is 0 Å². The van der Waals surface area contributed by atoms with Crippen LogP contribution in [0.25, 0.3) is 121 Å². The van der Waals surface area contributed by atoms with Gasteiger partial charge >= 0.3 is 0 Å². The minimum atomic E-state index is 0.727. The predicted molar refractivity (Wildman–Crippen MR) is 284 cm³/mol. The van der Waals surface area contributed by atoms with Crippen molar-refractivity contribution in [3.8, 4) is 66.8 Å². The minimum Gasteiger partial charge on any atom is -0.0961 e. The van der Waals surface area contributed by atoms with Crippen LogP contribution in [-0.4, -0.2) is 15.7 Å². The molecule has 0 aliphatic rings. The second-order valence-corrected chi connectivity index (χ2v) is 18.5. The van der Waals surface area contributed by atoms with Gasteiger partial charge in [-0.1, -0.05) is 213 Å². The van der Waals surface area contributed by atoms with Crippen molar-refractivity contribution in [2.45, 2.75) is 0 Å². The summed E-state index contributed by atoms with van der Waals surface area (Å²) in [6.45, 7) is 0. The standard InChI is InChI=1S/C60H34B2Br2/c61-41-21-7-17-37(29-41)51-33-50(36-15-5-2-6-16-36)54(40-20-10-24-44(64)32-40)60-48-28-12-26-46-56(48)55-45(57(51)60)25-11-27-47(55)59-53(39-19-8-22-42(62)30-39)49(35-13-3-1-4-14-35)34-52(58(46)59)38-18-9-23-43(63)31-38/h1-34H. The maximum atomic E-state index is 6.67. The van der Waals surface area contributed by atoms with Gasteiger partial charge in [0.05, 0.1) is 0 Å². The Morgan fingerprint density at radius 3 is 1.05 bits per heavy atom. The lowest BCUT2D eigenvalue weighted by atomic mass is 9.76. The summed E-state index contributed by atoms with van der Waals surface area (Å²) in [5.74, 6) is 0. The quantitative estimate of drug-likeness (QED) is 0.0885. The van der Waals surface area contributed by atoms with Crippen molar-refractivity contribution in [2.75, 3.05) is 0 Å². The molecule has 0 amide bonds. The molecule has 0 aliphatic carbocycles. The monoisotopic (exact) mass is 934 g/mol. The van der Waals surface area contributed by atoms with Gasteiger partial charge in [0.25, 0.3) is 0 Å². The Labute approximate surface area is 391 Å². The fraction of sp³-hybridized carbons (Fsp3) is 0. The Morgan fingerprint density at radius 2 is 0.594 bits per heavy atom. The SMILES string of the molecule is [B]c1cccc(-c2cc(-c3ccccc3)c(-c3cccc(Br)c3)c3c4cccc5c6c(-c7cccc(Br)c7)cc(-c7ccccc7)c(-c7cccc([B])c7)c6c6cccc(c23)c6c54)c1. The van der Waals surface area contributed by atoms with Gasteiger partial charge < -0.3 is 0 Å². The predicted octanol–water partition coefficient (Wildman–Crippen LogP) is 16.0. The van der Waals surface area contributed by atoms with Gasteiger partial charge in [0.1, 0.15) is 15.7 Å². The third-order valence-corrected chi connectivity index (χ3v) is 13.9. The molecule has 64 heavy (non-hydrogen) atoms. The molecular formula is C60H34B2Br2. The summed E-state index contributed by atoms with van der Waals surface area (Å²) in [6, 6.07) is 74.5. The summed E-state index contributed by atoms with van der Waals surface area (Å²) < 4.78 is 2.06. The van der Waals surface area contributed by atoms with Crippen LogP contribution in [0.5, 0.6) is 0 Å². The van der Waals surface area contributed by atoms with Gasteiger partial charge in [-0.25, -0.2) is 0 Å². The van der Waals surface area contributed by atoms with Crippen LogP contribution in [-0.2, 0) is 0 Å². The van der Waals surface area contributed by atoms with Crippen LogP contribution in [0.2, 0.25) is 0 Å². The van der Waals surface area contributed by atoms with Crippen molar-refractivity contribution in [3.05, 3.63) is 215 Å². The molecule has 294 valence electrons. The van der Waals surface area contributed by atoms with E-state index in [1.165, 1.54) is 65.0 Å². The van der Waals surface area contributed by atoms with E-state index in [2.05, 4.69) is 226 Å². The molecule has 4 heteroatoms. The molecule has 0 aromatic heterocycles. The smallest absolute Gasteiger partial charge is 0.0961 e. The number of benzene rings is 12. The summed E-state index contributed by atoms with van der Waals surface area (Å²) >= 11 is 7.71. The highest BCUT2D eigenvalue weighted by Crippen LogP contribution is 2.55. The first-order chi connectivity index (χ1) is 31.4. The maximum absolute atomic E-state index is 6.67. The molecule has 12 aromatic carbocycles. The normalized spacial score (nSPS) is 11.7. The van der Waals surface area contributed by atoms with E-state index < -0.39 is 0 Å². The maximum Gasteiger partial charge on any atom is 0.113 e. The summed E-state index contributed by atoms with van der Waals surface area (Å²) in [5, 5.41) is 12.1. The molecule has 0 bridgehead atoms. The molecule has 0 spiro atoms. The van der Waals surface area contributed by atoms with Gasteiger partial charge in [-0.15, -0.1) is 0 Å². The highest BCUT2D eigenvalue weighted by Gasteiger charge is 2.27. The highest BCUT2D eigenvalue weighted by molar-refractivity contribution is 9.10. The third-order valence-electron chi connectivity index (χ3n) is 12.9. The Balaban J connectivity index is 1.40. The highest BCUT2D eigenvalue weighted by atomic mass is 79.9. The first kappa shape index (κ1) is 38.9. The third kappa shape index (κ3) is 6.26. The largest absolute Gasteiger partial charge is 0.113 e. The molecule has 12 aromatic rings. The van der Waals surface area contributed by atoms with E-state index in [0.717, 1.165) is 75.5 Å². The summed E-state index contributed by atoms with van der Waals surface area (Å²) in [4.78, 5) is 0. The number of fused-ring (bicyclic) bond motifs is 6. The van der Waals surface area contributed by atoms with Crippen LogP contribution in [0.4, 0.5) is 0 Å². The first-order valence-corrected chi connectivity index (χ1v) is 23.0. The average Bonchev–Trinajstić information content (AvgIpc) is 3.33. The van der Waals surface area contributed by atoms with Crippen molar-refractivity contribution in [1.82, 2.24) is 0 Å². The zero-order valence-corrected chi connectivity index (χ0v) is 37.7. The molecule has 0 atom stereocenters. The molecule has 0 saturated heterocycles. The lowest BCUT2D eigenvalue weighted by Gasteiger charge is -2.26. The number of rotatable bonds is 6. The number of hydrogen-bond donors (Lipinski definition) is 0. The van der Waals surface area contributed by atoms with Crippen LogP contribution in [0.1, 0.15) is 0 Å². The van der Waals surface area contributed by atoms with Crippen LogP contribution < -0.4 is 10.9 Å². The van der Waals surface area contributed by atoms with Gasteiger partial charge in [0.15, 0.2) is 0 Å². The van der Waals surface area contributed by atoms with E-state index in [-0.39, 0.29) is 0 Å². The number of hydrogen-bond acceptors (Lipinski definition) is 0. The number of halogens is 2. The van der Waals surface area contributed by atoms with Crippen molar-refractivity contribution < 1.29 is 0 Å². The summed E-state index contributed by atoms with van der Waals surface area (Å²) in [6.07, 6.45) is 0. The summed E-state index contributed by atoms with van der Waals surface area (Å²) in [7, 11) is 13.3. The molecule has 0 saturated carbocycles. The van der Waals surface area contributed by atoms with Crippen molar-refractivity contribution in [1.29, 1.82) is 0 Å². The van der Waals surface area contributed by atoms with Gasteiger partial charge in [-0.2, -0.15) is 0 Å². The average molecular weight is 936 g/mol. The Morgan fingerprint density at radius 1 is 0.250 bits per heavy atom. The van der Waals surface area contributed by atoms with E-state index in [1.807, 2.05) is 12.1 Å². The van der Waals surface area contributed by atoms with E-state index in [0.29, 0.717) is 0 Å². The molecule has 0 aliphatic heterocycles. The van der Waals surface area contributed by atoms with Crippen LogP contribution in [0, 0.1) is 0 Å². The lowest BCUT2D eigenvalue weighted by molar-refractivity contribution is 1.59. The molecule has 12 rings (SSSR count). The second kappa shape index (κ2) is 15.5. The fourth-order valence-corrected chi connectivity index (χ4v) is 11.2. The molecule has 4 radical (unpaired) electrons. The van der Waals surface area contributed by atoms with Gasteiger partial charge in [0.2, 0.25) is 0 Å². The molecule has 0 nitrogen and oxygen atoms in total. The van der Waals surface area contributed by atoms with Gasteiger partial charge in [-0.3, -0.25) is 0 Å². The van der Waals surface area contributed by atoms with Gasteiger partial charge in [0, 0.05) is 8.95 Å². The van der Waals surface area contributed by atoms with Gasteiger partial charge in [-0.05, 0) is 157 Å². The topological polar surface area (TPSA) is 0 Å². The molecule has 0 unspecified atom stereocenters. The van der Waals surface area contributed by atoms with E-state index in [1.54, 1.807) is 0 Å². The van der Waals surface area contributed by atoms with Crippen molar-refractivity contribution >= 4 is 112 Å². The molecule has 0 fully saturated rings. The Hall–Kier alpha value is -6.71. The Bertz CT molecular complexity index is 3570. The van der Waals surface area contributed by atoms with E-state index >= 15 is 0 Å². The van der Waals surface area contributed by atoms with Crippen LogP contribution >= 0.6 is 31.9 Å². The first-order valence-electron chi connectivity index (χ1n) is 21.5. The van der Waals surface area contributed by atoms with Crippen molar-refractivity contribution in [2.24, 2.45) is 0 Å².